The zero-order valence-electron chi connectivity index (χ0n) is 11.8. The average Bonchev–Trinajstić information content (AvgIpc) is 2.71. The number of thioether (sulfide) groups is 1. The molecule has 0 bridgehead atoms. The Balaban J connectivity index is 2.25. The first kappa shape index (κ1) is 15.8. The predicted octanol–water partition coefficient (Wildman–Crippen LogP) is 1.04. The highest BCUT2D eigenvalue weighted by molar-refractivity contribution is 7.98. The van der Waals surface area contributed by atoms with Crippen molar-refractivity contribution in [3.05, 3.63) is 0 Å². The number of hydrogen-bond donors (Lipinski definition) is 1. The van der Waals surface area contributed by atoms with Gasteiger partial charge >= 0.3 is 0 Å². The fourth-order valence-electron chi connectivity index (χ4n) is 2.23. The van der Waals surface area contributed by atoms with E-state index < -0.39 is 6.10 Å². The van der Waals surface area contributed by atoms with Crippen LogP contribution in [0, 0.1) is 0 Å². The van der Waals surface area contributed by atoms with Crippen LogP contribution < -0.4 is 0 Å². The summed E-state index contributed by atoms with van der Waals surface area (Å²) in [6, 6.07) is 0.473. The van der Waals surface area contributed by atoms with E-state index in [9.17, 15) is 9.90 Å². The lowest BCUT2D eigenvalue weighted by atomic mass is 10.2. The van der Waals surface area contributed by atoms with Crippen LogP contribution in [-0.4, -0.2) is 71.6 Å². The highest BCUT2D eigenvalue weighted by Gasteiger charge is 2.23. The number of β-amino-alcohol motifs (C(OH)–C–C–N with tert-alkyl or cyclic N) is 1. The molecule has 1 aliphatic heterocycles. The summed E-state index contributed by atoms with van der Waals surface area (Å²) in [5.41, 5.74) is 0. The minimum atomic E-state index is -0.436. The van der Waals surface area contributed by atoms with Gasteiger partial charge in [-0.25, -0.2) is 0 Å². The second-order valence-corrected chi connectivity index (χ2v) is 6.15. The maximum Gasteiger partial charge on any atom is 0.222 e. The van der Waals surface area contributed by atoms with Crippen molar-refractivity contribution in [2.24, 2.45) is 0 Å². The molecule has 1 amide bonds. The Labute approximate surface area is 115 Å². The van der Waals surface area contributed by atoms with Crippen LogP contribution in [-0.2, 0) is 4.79 Å². The molecule has 2 atom stereocenters. The number of likely N-dealkylation sites (N-methyl/N-ethyl adjacent to an activating group) is 1. The van der Waals surface area contributed by atoms with E-state index in [0.717, 1.165) is 25.1 Å². The molecular weight excluding hydrogens is 248 g/mol. The van der Waals surface area contributed by atoms with Gasteiger partial charge in [-0.05, 0) is 38.8 Å². The summed E-state index contributed by atoms with van der Waals surface area (Å²) in [5.74, 6) is 1.33. The summed E-state index contributed by atoms with van der Waals surface area (Å²) in [4.78, 5) is 15.4. The van der Waals surface area contributed by atoms with Crippen LogP contribution in [0.3, 0.4) is 0 Å². The third kappa shape index (κ3) is 5.16. The quantitative estimate of drug-likeness (QED) is 0.718. The summed E-state index contributed by atoms with van der Waals surface area (Å²) in [6.45, 7) is 4.11. The van der Waals surface area contributed by atoms with Crippen LogP contribution in [0.4, 0.5) is 0 Å². The molecule has 106 valence electrons. The number of nitrogens with zero attached hydrogens (tertiary/aromatic N) is 2. The Morgan fingerprint density at radius 3 is 2.83 bits per heavy atom. The van der Waals surface area contributed by atoms with Gasteiger partial charge < -0.3 is 14.9 Å². The average molecular weight is 274 g/mol. The number of carbonyl (C=O) groups is 1. The van der Waals surface area contributed by atoms with E-state index in [1.165, 1.54) is 0 Å². The van der Waals surface area contributed by atoms with Crippen molar-refractivity contribution in [2.75, 3.05) is 38.7 Å². The van der Waals surface area contributed by atoms with Gasteiger partial charge in [-0.1, -0.05) is 0 Å². The highest BCUT2D eigenvalue weighted by Crippen LogP contribution is 2.11. The standard InChI is InChI=1S/C13H26N2O2S/c1-11(6-8-18-3)14(2)9-12(16)10-15-7-4-5-13(15)17/h11-12,16H,4-10H2,1-3H3. The van der Waals surface area contributed by atoms with Crippen LogP contribution in [0.1, 0.15) is 26.2 Å². The van der Waals surface area contributed by atoms with Crippen molar-refractivity contribution in [3.8, 4) is 0 Å². The van der Waals surface area contributed by atoms with Gasteiger partial charge in [0, 0.05) is 32.1 Å². The Bertz CT molecular complexity index is 263. The molecule has 0 radical (unpaired) electrons. The molecule has 1 fully saturated rings. The SMILES string of the molecule is CSCCC(C)N(C)CC(O)CN1CCCC1=O. The molecule has 4 nitrogen and oxygen atoms in total. The number of hydrogen-bond acceptors (Lipinski definition) is 4. The molecule has 1 N–H and O–H groups in total. The first-order valence-electron chi connectivity index (χ1n) is 6.69. The molecule has 5 heteroatoms. The number of rotatable bonds is 8. The first-order valence-corrected chi connectivity index (χ1v) is 8.09. The minimum absolute atomic E-state index is 0.187. The normalized spacial score (nSPS) is 19.6. The lowest BCUT2D eigenvalue weighted by molar-refractivity contribution is -0.129. The Kier molecular flexibility index (Phi) is 7.04. The fraction of sp³-hybridized carbons (Fsp3) is 0.923. The predicted molar refractivity (Wildman–Crippen MR) is 76.9 cm³/mol. The van der Waals surface area contributed by atoms with Crippen molar-refractivity contribution in [1.29, 1.82) is 0 Å². The van der Waals surface area contributed by atoms with Gasteiger partial charge in [0.25, 0.3) is 0 Å². The van der Waals surface area contributed by atoms with Crippen molar-refractivity contribution in [1.82, 2.24) is 9.80 Å². The van der Waals surface area contributed by atoms with E-state index >= 15 is 0 Å². The smallest absolute Gasteiger partial charge is 0.222 e. The van der Waals surface area contributed by atoms with E-state index in [-0.39, 0.29) is 5.91 Å². The molecule has 2 unspecified atom stereocenters. The molecule has 0 aromatic rings. The zero-order valence-corrected chi connectivity index (χ0v) is 12.6. The molecule has 18 heavy (non-hydrogen) atoms. The van der Waals surface area contributed by atoms with Gasteiger partial charge in [0.1, 0.15) is 0 Å². The Morgan fingerprint density at radius 1 is 1.56 bits per heavy atom. The van der Waals surface area contributed by atoms with Crippen LogP contribution in [0.5, 0.6) is 0 Å². The summed E-state index contributed by atoms with van der Waals surface area (Å²) >= 11 is 1.85. The van der Waals surface area contributed by atoms with Gasteiger partial charge in [-0.3, -0.25) is 4.79 Å². The largest absolute Gasteiger partial charge is 0.390 e. The first-order chi connectivity index (χ1) is 8.54. The second kappa shape index (κ2) is 8.02. The van der Waals surface area contributed by atoms with E-state index in [1.807, 2.05) is 18.8 Å². The van der Waals surface area contributed by atoms with Crippen molar-refractivity contribution in [3.63, 3.8) is 0 Å². The Morgan fingerprint density at radius 2 is 2.28 bits per heavy atom. The molecular formula is C13H26N2O2S. The minimum Gasteiger partial charge on any atom is -0.390 e. The van der Waals surface area contributed by atoms with Crippen molar-refractivity contribution >= 4 is 17.7 Å². The molecule has 1 saturated heterocycles. The lowest BCUT2D eigenvalue weighted by Gasteiger charge is -2.28. The zero-order chi connectivity index (χ0) is 13.5. The maximum atomic E-state index is 11.5. The molecule has 1 aliphatic rings. The summed E-state index contributed by atoms with van der Waals surface area (Å²) in [7, 11) is 2.04. The summed E-state index contributed by atoms with van der Waals surface area (Å²) < 4.78 is 0. The van der Waals surface area contributed by atoms with Gasteiger partial charge in [-0.15, -0.1) is 0 Å². The number of aliphatic hydroxyl groups is 1. The molecule has 1 rings (SSSR count). The van der Waals surface area contributed by atoms with Crippen molar-refractivity contribution in [2.45, 2.75) is 38.3 Å². The van der Waals surface area contributed by atoms with E-state index in [1.54, 1.807) is 4.90 Å². The monoisotopic (exact) mass is 274 g/mol. The number of carbonyl (C=O) groups excluding carboxylic acids is 1. The van der Waals surface area contributed by atoms with Crippen molar-refractivity contribution < 1.29 is 9.90 Å². The number of amides is 1. The van der Waals surface area contributed by atoms with Crippen LogP contribution in [0.2, 0.25) is 0 Å². The van der Waals surface area contributed by atoms with Gasteiger partial charge in [0.2, 0.25) is 5.91 Å². The maximum absolute atomic E-state index is 11.5. The molecule has 0 aliphatic carbocycles. The number of aliphatic hydroxyl groups excluding tert-OH is 1. The molecule has 1 heterocycles. The molecule has 0 aromatic heterocycles. The van der Waals surface area contributed by atoms with E-state index in [0.29, 0.717) is 25.6 Å². The molecule has 0 aromatic carbocycles. The third-order valence-electron chi connectivity index (χ3n) is 3.59. The second-order valence-electron chi connectivity index (χ2n) is 5.17. The Hall–Kier alpha value is -0.260. The van der Waals surface area contributed by atoms with Gasteiger partial charge in [0.15, 0.2) is 0 Å². The summed E-state index contributed by atoms with van der Waals surface area (Å²) in [5, 5.41) is 10.0. The van der Waals surface area contributed by atoms with Gasteiger partial charge in [0.05, 0.1) is 6.10 Å². The van der Waals surface area contributed by atoms with Crippen LogP contribution in [0.15, 0.2) is 0 Å². The lowest BCUT2D eigenvalue weighted by Crippen LogP contribution is -2.42. The summed E-state index contributed by atoms with van der Waals surface area (Å²) in [6.07, 6.45) is 4.39. The van der Waals surface area contributed by atoms with Crippen LogP contribution >= 0.6 is 11.8 Å². The van der Waals surface area contributed by atoms with E-state index in [2.05, 4.69) is 18.1 Å². The van der Waals surface area contributed by atoms with Crippen LogP contribution in [0.25, 0.3) is 0 Å². The topological polar surface area (TPSA) is 43.8 Å². The molecule has 0 saturated carbocycles. The highest BCUT2D eigenvalue weighted by atomic mass is 32.2. The number of likely N-dealkylation sites (tertiary alicyclic amines) is 1. The van der Waals surface area contributed by atoms with Gasteiger partial charge in [-0.2, -0.15) is 11.8 Å². The third-order valence-corrected chi connectivity index (χ3v) is 4.24. The fourth-order valence-corrected chi connectivity index (χ4v) is 2.81. The molecule has 0 spiro atoms. The van der Waals surface area contributed by atoms with E-state index in [4.69, 9.17) is 0 Å².